The van der Waals surface area contributed by atoms with E-state index in [9.17, 15) is 4.79 Å². The van der Waals surface area contributed by atoms with Gasteiger partial charge < -0.3 is 16.0 Å². The molecule has 1 amide bonds. The molecule has 1 aromatic carbocycles. The van der Waals surface area contributed by atoms with Gasteiger partial charge in [0.2, 0.25) is 5.91 Å². The van der Waals surface area contributed by atoms with Crippen molar-refractivity contribution in [3.8, 4) is 6.07 Å². The van der Waals surface area contributed by atoms with Gasteiger partial charge in [0.1, 0.15) is 0 Å². The molecule has 0 atom stereocenters. The average Bonchev–Trinajstić information content (AvgIpc) is 2.32. The van der Waals surface area contributed by atoms with Gasteiger partial charge in [-0.2, -0.15) is 5.26 Å². The van der Waals surface area contributed by atoms with Crippen LogP contribution in [0.4, 0.5) is 11.4 Å². The van der Waals surface area contributed by atoms with E-state index in [1.807, 2.05) is 6.07 Å². The molecule has 0 saturated heterocycles. The Balaban J connectivity index is 2.59. The SMILES string of the molecule is CN(CC(=O)NCCC#N)c1cc(Cl)ccc1N. The van der Waals surface area contributed by atoms with E-state index in [2.05, 4.69) is 5.32 Å². The predicted molar refractivity (Wildman–Crippen MR) is 72.4 cm³/mol. The number of nitriles is 1. The maximum Gasteiger partial charge on any atom is 0.239 e. The minimum Gasteiger partial charge on any atom is -0.397 e. The molecular weight excluding hydrogens is 252 g/mol. The number of hydrogen-bond donors (Lipinski definition) is 2. The van der Waals surface area contributed by atoms with Gasteiger partial charge in [0.05, 0.1) is 30.4 Å². The quantitative estimate of drug-likeness (QED) is 0.623. The fourth-order valence-electron chi connectivity index (χ4n) is 1.46. The van der Waals surface area contributed by atoms with Gasteiger partial charge in [-0.25, -0.2) is 0 Å². The van der Waals surface area contributed by atoms with Crippen LogP contribution in [0.5, 0.6) is 0 Å². The summed E-state index contributed by atoms with van der Waals surface area (Å²) in [6, 6.07) is 7.06. The van der Waals surface area contributed by atoms with E-state index in [1.54, 1.807) is 30.1 Å². The van der Waals surface area contributed by atoms with Crippen molar-refractivity contribution < 1.29 is 4.79 Å². The maximum atomic E-state index is 11.6. The molecule has 0 aromatic heterocycles. The lowest BCUT2D eigenvalue weighted by Gasteiger charge is -2.20. The van der Waals surface area contributed by atoms with Crippen molar-refractivity contribution in [3.63, 3.8) is 0 Å². The molecule has 0 fully saturated rings. The number of likely N-dealkylation sites (N-methyl/N-ethyl adjacent to an activating group) is 1. The standard InChI is InChI=1S/C12H15ClN4O/c1-17(8-12(18)16-6-2-5-14)11-7-9(13)3-4-10(11)15/h3-4,7H,2,6,8,15H2,1H3,(H,16,18). The Bertz CT molecular complexity index is 470. The fraction of sp³-hybridized carbons (Fsp3) is 0.333. The fourth-order valence-corrected chi connectivity index (χ4v) is 1.63. The molecule has 0 saturated carbocycles. The van der Waals surface area contributed by atoms with E-state index in [0.29, 0.717) is 29.4 Å². The number of halogens is 1. The highest BCUT2D eigenvalue weighted by molar-refractivity contribution is 6.31. The zero-order valence-electron chi connectivity index (χ0n) is 10.1. The van der Waals surface area contributed by atoms with Crippen LogP contribution in [0.25, 0.3) is 0 Å². The van der Waals surface area contributed by atoms with Crippen LogP contribution in [-0.4, -0.2) is 26.0 Å². The molecule has 1 aromatic rings. The van der Waals surface area contributed by atoms with Gasteiger partial charge in [0, 0.05) is 18.6 Å². The summed E-state index contributed by atoms with van der Waals surface area (Å²) >= 11 is 5.88. The van der Waals surface area contributed by atoms with E-state index < -0.39 is 0 Å². The molecule has 0 spiro atoms. The van der Waals surface area contributed by atoms with E-state index in [1.165, 1.54) is 0 Å². The third-order valence-corrected chi connectivity index (χ3v) is 2.58. The van der Waals surface area contributed by atoms with Gasteiger partial charge in [-0.3, -0.25) is 4.79 Å². The molecule has 96 valence electrons. The van der Waals surface area contributed by atoms with Gasteiger partial charge >= 0.3 is 0 Å². The van der Waals surface area contributed by atoms with E-state index >= 15 is 0 Å². The summed E-state index contributed by atoms with van der Waals surface area (Å²) in [5.41, 5.74) is 7.08. The Kier molecular flexibility index (Phi) is 5.28. The molecular formula is C12H15ClN4O. The van der Waals surface area contributed by atoms with Gasteiger partial charge in [0.25, 0.3) is 0 Å². The number of nitrogens with one attached hydrogen (secondary N) is 1. The van der Waals surface area contributed by atoms with Crippen molar-refractivity contribution in [1.82, 2.24) is 5.32 Å². The number of carbonyl (C=O) groups excluding carboxylic acids is 1. The van der Waals surface area contributed by atoms with Crippen LogP contribution in [0.1, 0.15) is 6.42 Å². The Morgan fingerprint density at radius 1 is 1.61 bits per heavy atom. The molecule has 0 radical (unpaired) electrons. The van der Waals surface area contributed by atoms with Crippen molar-refractivity contribution in [2.75, 3.05) is 30.8 Å². The third kappa shape index (κ3) is 4.15. The van der Waals surface area contributed by atoms with Gasteiger partial charge in [0.15, 0.2) is 0 Å². The first-order valence-corrected chi connectivity index (χ1v) is 5.82. The first-order valence-electron chi connectivity index (χ1n) is 5.44. The summed E-state index contributed by atoms with van der Waals surface area (Å²) in [4.78, 5) is 13.3. The summed E-state index contributed by atoms with van der Waals surface area (Å²) in [5, 5.41) is 11.6. The van der Waals surface area contributed by atoms with Crippen LogP contribution in [0.3, 0.4) is 0 Å². The van der Waals surface area contributed by atoms with Crippen molar-refractivity contribution in [1.29, 1.82) is 5.26 Å². The monoisotopic (exact) mass is 266 g/mol. The molecule has 0 unspecified atom stereocenters. The van der Waals surface area contributed by atoms with Crippen molar-refractivity contribution >= 4 is 28.9 Å². The number of hydrogen-bond acceptors (Lipinski definition) is 4. The third-order valence-electron chi connectivity index (χ3n) is 2.34. The number of anilines is 2. The number of benzene rings is 1. The summed E-state index contributed by atoms with van der Waals surface area (Å²) in [6.45, 7) is 0.518. The highest BCUT2D eigenvalue weighted by Crippen LogP contribution is 2.25. The van der Waals surface area contributed by atoms with Crippen LogP contribution in [0, 0.1) is 11.3 Å². The van der Waals surface area contributed by atoms with Crippen LogP contribution in [0.2, 0.25) is 5.02 Å². The second-order valence-corrected chi connectivity index (χ2v) is 4.25. The Morgan fingerprint density at radius 3 is 3.00 bits per heavy atom. The molecule has 18 heavy (non-hydrogen) atoms. The topological polar surface area (TPSA) is 82.2 Å². The molecule has 0 aliphatic rings. The molecule has 1 rings (SSSR count). The molecule has 5 nitrogen and oxygen atoms in total. The molecule has 0 bridgehead atoms. The number of nitrogens with two attached hydrogens (primary N) is 1. The highest BCUT2D eigenvalue weighted by Gasteiger charge is 2.10. The number of carbonyl (C=O) groups is 1. The van der Waals surface area contributed by atoms with Crippen LogP contribution < -0.4 is 16.0 Å². The highest BCUT2D eigenvalue weighted by atomic mass is 35.5. The molecule has 0 heterocycles. The van der Waals surface area contributed by atoms with Gasteiger partial charge in [-0.05, 0) is 18.2 Å². The Morgan fingerprint density at radius 2 is 2.33 bits per heavy atom. The summed E-state index contributed by atoms with van der Waals surface area (Å²) < 4.78 is 0. The second kappa shape index (κ2) is 6.72. The van der Waals surface area contributed by atoms with Gasteiger partial charge in [-0.1, -0.05) is 11.6 Å². The minimum atomic E-state index is -0.160. The summed E-state index contributed by atoms with van der Waals surface area (Å²) in [7, 11) is 1.76. The van der Waals surface area contributed by atoms with E-state index in [-0.39, 0.29) is 12.5 Å². The second-order valence-electron chi connectivity index (χ2n) is 3.82. The average molecular weight is 267 g/mol. The molecule has 6 heteroatoms. The van der Waals surface area contributed by atoms with Gasteiger partial charge in [-0.15, -0.1) is 0 Å². The largest absolute Gasteiger partial charge is 0.397 e. The lowest BCUT2D eigenvalue weighted by Crippen LogP contribution is -2.35. The molecule has 0 aliphatic heterocycles. The normalized spacial score (nSPS) is 9.61. The smallest absolute Gasteiger partial charge is 0.239 e. The number of amides is 1. The number of rotatable bonds is 5. The Labute approximate surface area is 111 Å². The Hall–Kier alpha value is -1.93. The lowest BCUT2D eigenvalue weighted by molar-refractivity contribution is -0.119. The van der Waals surface area contributed by atoms with E-state index in [0.717, 1.165) is 0 Å². The zero-order valence-corrected chi connectivity index (χ0v) is 10.9. The first-order chi connectivity index (χ1) is 8.54. The minimum absolute atomic E-state index is 0.160. The number of nitrogen functional groups attached to an aromatic ring is 1. The van der Waals surface area contributed by atoms with Crippen LogP contribution in [-0.2, 0) is 4.79 Å². The zero-order chi connectivity index (χ0) is 13.5. The van der Waals surface area contributed by atoms with Crippen molar-refractivity contribution in [2.45, 2.75) is 6.42 Å². The lowest BCUT2D eigenvalue weighted by atomic mass is 10.2. The maximum absolute atomic E-state index is 11.6. The first kappa shape index (κ1) is 14.1. The summed E-state index contributed by atoms with van der Waals surface area (Å²) in [6.07, 6.45) is 0.300. The van der Waals surface area contributed by atoms with E-state index in [4.69, 9.17) is 22.6 Å². The van der Waals surface area contributed by atoms with Crippen LogP contribution in [0.15, 0.2) is 18.2 Å². The number of nitrogens with zero attached hydrogens (tertiary/aromatic N) is 2. The molecule has 0 aliphatic carbocycles. The van der Waals surface area contributed by atoms with Crippen LogP contribution >= 0.6 is 11.6 Å². The molecule has 3 N–H and O–H groups in total. The van der Waals surface area contributed by atoms with Crippen molar-refractivity contribution in [3.05, 3.63) is 23.2 Å². The predicted octanol–water partition coefficient (Wildman–Crippen LogP) is 1.39. The summed E-state index contributed by atoms with van der Waals surface area (Å²) in [5.74, 6) is -0.160. The van der Waals surface area contributed by atoms with Crippen molar-refractivity contribution in [2.24, 2.45) is 0 Å².